The quantitative estimate of drug-likeness (QED) is 0.169. The molecule has 4 rings (SSSR count). The number of hydrogen-bond acceptors (Lipinski definition) is 7. The van der Waals surface area contributed by atoms with Crippen molar-refractivity contribution in [2.24, 2.45) is 0 Å². The van der Waals surface area contributed by atoms with Crippen molar-refractivity contribution in [1.82, 2.24) is 9.97 Å². The fourth-order valence-electron chi connectivity index (χ4n) is 5.46. The largest absolute Gasteiger partial charge is 0.481 e. The lowest BCUT2D eigenvalue weighted by Gasteiger charge is -2.40. The van der Waals surface area contributed by atoms with Gasteiger partial charge in [-0.2, -0.15) is 39.5 Å². The van der Waals surface area contributed by atoms with Crippen LogP contribution in [-0.2, 0) is 34.5 Å². The number of alkyl halides is 9. The van der Waals surface area contributed by atoms with Crippen LogP contribution in [0.3, 0.4) is 0 Å². The summed E-state index contributed by atoms with van der Waals surface area (Å²) >= 11 is 0. The Morgan fingerprint density at radius 1 is 0.940 bits per heavy atom. The predicted molar refractivity (Wildman–Crippen MR) is 163 cm³/mol. The fourth-order valence-corrected chi connectivity index (χ4v) is 5.46. The molecule has 0 fully saturated rings. The van der Waals surface area contributed by atoms with Gasteiger partial charge in [-0.25, -0.2) is 14.8 Å². The summed E-state index contributed by atoms with van der Waals surface area (Å²) in [6.45, 7) is 3.40. The summed E-state index contributed by atoms with van der Waals surface area (Å²) < 4.78 is 128. The van der Waals surface area contributed by atoms with E-state index in [2.05, 4.69) is 20.6 Å². The van der Waals surface area contributed by atoms with E-state index in [0.717, 1.165) is 23.1 Å². The average molecular weight is 722 g/mol. The summed E-state index contributed by atoms with van der Waals surface area (Å²) in [7, 11) is 0. The van der Waals surface area contributed by atoms with Gasteiger partial charge in [-0.1, -0.05) is 13.8 Å². The van der Waals surface area contributed by atoms with E-state index in [1.165, 1.54) is 6.20 Å². The molecule has 0 saturated carbocycles. The molecule has 3 N–H and O–H groups in total. The summed E-state index contributed by atoms with van der Waals surface area (Å²) in [5.41, 5.74) is -4.14. The highest BCUT2D eigenvalue weighted by Gasteiger charge is 2.40. The number of carboxylic acids is 1. The van der Waals surface area contributed by atoms with Crippen molar-refractivity contribution in [3.63, 3.8) is 0 Å². The van der Waals surface area contributed by atoms with Crippen LogP contribution in [0, 0.1) is 0 Å². The van der Waals surface area contributed by atoms with Crippen molar-refractivity contribution in [3.8, 4) is 0 Å². The number of nitrogens with one attached hydrogen (secondary N) is 2. The summed E-state index contributed by atoms with van der Waals surface area (Å²) in [6.07, 6.45) is -14.8. The van der Waals surface area contributed by atoms with E-state index >= 15 is 0 Å². The molecule has 50 heavy (non-hydrogen) atoms. The third-order valence-corrected chi connectivity index (χ3v) is 7.83. The number of aromatic nitrogens is 2. The van der Waals surface area contributed by atoms with Crippen LogP contribution in [0.5, 0.6) is 0 Å². The number of carboxylic acid groups (broad SMARTS) is 1. The van der Waals surface area contributed by atoms with E-state index in [1.54, 1.807) is 6.92 Å². The molecule has 9 nitrogen and oxygen atoms in total. The average Bonchev–Trinajstić information content (AvgIpc) is 3.02. The normalized spacial score (nSPS) is 16.5. The minimum absolute atomic E-state index is 0.00403. The molecule has 0 unspecified atom stereocenters. The molecule has 1 aromatic heterocycles. The molecule has 18 heteroatoms. The molecule has 0 bridgehead atoms. The summed E-state index contributed by atoms with van der Waals surface area (Å²) in [6, 6.07) is 2.24. The molecule has 3 aromatic rings. The lowest BCUT2D eigenvalue weighted by atomic mass is 9.89. The van der Waals surface area contributed by atoms with Crippen molar-refractivity contribution in [2.75, 3.05) is 28.7 Å². The van der Waals surface area contributed by atoms with E-state index < -0.39 is 78.8 Å². The SMILES string of the molecule is CCCNc1cnc(N[C@H]2C[C@@H](CC)N(C(=O)OCCC(=O)O)c3ccc(C(F)(F)F)cc32)nc1Cc1cc(C(F)(F)F)cc(C(F)(F)F)c1. The van der Waals surface area contributed by atoms with Crippen LogP contribution in [0.25, 0.3) is 0 Å². The van der Waals surface area contributed by atoms with Crippen LogP contribution in [0.15, 0.2) is 42.6 Å². The van der Waals surface area contributed by atoms with Crippen molar-refractivity contribution in [1.29, 1.82) is 0 Å². The van der Waals surface area contributed by atoms with Crippen LogP contribution >= 0.6 is 0 Å². The highest BCUT2D eigenvalue weighted by molar-refractivity contribution is 5.90. The van der Waals surface area contributed by atoms with Crippen molar-refractivity contribution >= 4 is 29.4 Å². The maximum absolute atomic E-state index is 13.8. The highest BCUT2D eigenvalue weighted by atomic mass is 19.4. The third kappa shape index (κ3) is 9.26. The van der Waals surface area contributed by atoms with Crippen molar-refractivity contribution in [2.45, 2.75) is 76.6 Å². The van der Waals surface area contributed by atoms with Crippen LogP contribution in [-0.4, -0.2) is 46.3 Å². The second kappa shape index (κ2) is 15.0. The summed E-state index contributed by atoms with van der Waals surface area (Å²) in [4.78, 5) is 33.7. The number of rotatable bonds is 11. The van der Waals surface area contributed by atoms with Gasteiger partial charge in [-0.05, 0) is 66.8 Å². The van der Waals surface area contributed by atoms with Gasteiger partial charge >= 0.3 is 30.6 Å². The monoisotopic (exact) mass is 721 g/mol. The number of carbonyl (C=O) groups excluding carboxylic acids is 1. The first-order valence-electron chi connectivity index (χ1n) is 15.3. The van der Waals surface area contributed by atoms with Gasteiger partial charge in [0.2, 0.25) is 5.95 Å². The standard InChI is InChI=1S/C32H32F9N5O4/c1-3-8-42-25-16-43-28(45-24(25)12-17-10-19(31(36,37)38)13-20(11-17)32(39,40)41)44-23-15-21(4-2)46(29(49)50-9-7-27(47)48)26-6-5-18(14-22(23)26)30(33,34)35/h5-6,10-11,13-14,16,21,23,42H,3-4,7-9,12,15H2,1-2H3,(H,47,48)(H,43,44,45)/t21-,23+/m1/s1. The number of halogens is 9. The van der Waals surface area contributed by atoms with E-state index in [-0.39, 0.29) is 53.1 Å². The molecule has 1 amide bonds. The molecule has 272 valence electrons. The number of fused-ring (bicyclic) bond motifs is 1. The molecule has 1 aliphatic rings. The number of ether oxygens (including phenoxy) is 1. The molecule has 2 atom stereocenters. The lowest BCUT2D eigenvalue weighted by molar-refractivity contribution is -0.143. The van der Waals surface area contributed by atoms with Gasteiger partial charge in [0.1, 0.15) is 6.61 Å². The van der Waals surface area contributed by atoms with E-state index in [4.69, 9.17) is 9.84 Å². The van der Waals surface area contributed by atoms with Gasteiger partial charge in [0.15, 0.2) is 0 Å². The van der Waals surface area contributed by atoms with Crippen molar-refractivity contribution in [3.05, 3.63) is 76.1 Å². The van der Waals surface area contributed by atoms with Gasteiger partial charge in [-0.3, -0.25) is 9.69 Å². The minimum Gasteiger partial charge on any atom is -0.481 e. The zero-order chi connectivity index (χ0) is 37.0. The molecule has 0 radical (unpaired) electrons. The molecule has 2 aromatic carbocycles. The number of nitrogens with zero attached hydrogens (tertiary/aromatic N) is 3. The van der Waals surface area contributed by atoms with Gasteiger partial charge < -0.3 is 20.5 Å². The van der Waals surface area contributed by atoms with E-state index in [9.17, 15) is 49.1 Å². The first-order valence-corrected chi connectivity index (χ1v) is 15.3. The number of carbonyl (C=O) groups is 2. The minimum atomic E-state index is -5.08. The van der Waals surface area contributed by atoms with E-state index in [1.807, 2.05) is 6.92 Å². The van der Waals surface area contributed by atoms with Gasteiger partial charge in [0.05, 0.1) is 52.4 Å². The molecular formula is C32H32F9N5O4. The lowest BCUT2D eigenvalue weighted by Crippen LogP contribution is -2.46. The molecular weight excluding hydrogens is 689 g/mol. The summed E-state index contributed by atoms with van der Waals surface area (Å²) in [5, 5.41) is 14.8. The Morgan fingerprint density at radius 3 is 2.14 bits per heavy atom. The number of amides is 1. The zero-order valence-corrected chi connectivity index (χ0v) is 26.6. The first kappa shape index (κ1) is 38.0. The molecule has 2 heterocycles. The maximum Gasteiger partial charge on any atom is 0.416 e. The predicted octanol–water partition coefficient (Wildman–Crippen LogP) is 8.70. The zero-order valence-electron chi connectivity index (χ0n) is 26.6. The number of hydrogen-bond donors (Lipinski definition) is 3. The fraction of sp³-hybridized carbons (Fsp3) is 0.438. The Hall–Kier alpha value is -4.77. The number of anilines is 3. The molecule has 0 aliphatic carbocycles. The molecule has 1 aliphatic heterocycles. The Kier molecular flexibility index (Phi) is 11.4. The maximum atomic E-state index is 13.8. The van der Waals surface area contributed by atoms with Gasteiger partial charge in [0, 0.05) is 19.0 Å². The molecule has 0 saturated heterocycles. The Balaban J connectivity index is 1.76. The smallest absolute Gasteiger partial charge is 0.416 e. The Morgan fingerprint density at radius 2 is 1.58 bits per heavy atom. The number of aliphatic carboxylic acids is 1. The topological polar surface area (TPSA) is 117 Å². The second-order valence-electron chi connectivity index (χ2n) is 11.5. The highest BCUT2D eigenvalue weighted by Crippen LogP contribution is 2.43. The van der Waals surface area contributed by atoms with Crippen LogP contribution in [0.2, 0.25) is 0 Å². The Bertz CT molecular complexity index is 1660. The van der Waals surface area contributed by atoms with Crippen LogP contribution in [0.1, 0.15) is 79.1 Å². The second-order valence-corrected chi connectivity index (χ2v) is 11.5. The Labute approximate surface area is 279 Å². The number of benzene rings is 2. The summed E-state index contributed by atoms with van der Waals surface area (Å²) in [5.74, 6) is -1.42. The van der Waals surface area contributed by atoms with Gasteiger partial charge in [-0.15, -0.1) is 0 Å². The van der Waals surface area contributed by atoms with E-state index in [0.29, 0.717) is 25.1 Å². The first-order chi connectivity index (χ1) is 23.3. The van der Waals surface area contributed by atoms with Crippen LogP contribution < -0.4 is 15.5 Å². The van der Waals surface area contributed by atoms with Crippen molar-refractivity contribution < 1.29 is 58.9 Å². The molecule has 0 spiro atoms. The van der Waals surface area contributed by atoms with Crippen LogP contribution in [0.4, 0.5) is 61.6 Å². The third-order valence-electron chi connectivity index (χ3n) is 7.83. The van der Waals surface area contributed by atoms with Gasteiger partial charge in [0.25, 0.3) is 0 Å².